The van der Waals surface area contributed by atoms with Gasteiger partial charge in [0.1, 0.15) is 11.5 Å². The van der Waals surface area contributed by atoms with Crippen LogP contribution < -0.4 is 11.2 Å². The molecule has 19 heavy (non-hydrogen) atoms. The Morgan fingerprint density at radius 3 is 2.58 bits per heavy atom. The maximum atomic E-state index is 5.69. The van der Waals surface area contributed by atoms with E-state index in [-0.39, 0.29) is 5.11 Å². The summed E-state index contributed by atoms with van der Waals surface area (Å²) in [6.45, 7) is 4.13. The van der Waals surface area contributed by atoms with Crippen LogP contribution in [0.5, 0.6) is 0 Å². The number of aryl methyl sites for hydroxylation is 2. The van der Waals surface area contributed by atoms with E-state index in [2.05, 4.69) is 54.8 Å². The fraction of sp³-hybridized carbons (Fsp3) is 0.143. The van der Waals surface area contributed by atoms with Crippen molar-refractivity contribution in [3.8, 4) is 11.3 Å². The molecule has 0 fully saturated rings. The molecule has 0 bridgehead atoms. The number of thiocarbonyl (C=S) groups is 1. The number of benzene rings is 1. The standard InChI is InChI=1S/C14H15N3OS/c1-9-5-10(2)7-11(6-9)13-4-3-12(18-13)8-16-17-14(15)19/h3-8H,1-2H3,(H3,15,17,19)/b16-8+. The Kier molecular flexibility index (Phi) is 3.97. The van der Waals surface area contributed by atoms with Crippen LogP contribution in [0.1, 0.15) is 16.9 Å². The lowest BCUT2D eigenvalue weighted by molar-refractivity contribution is 0.574. The predicted octanol–water partition coefficient (Wildman–Crippen LogP) is 2.73. The van der Waals surface area contributed by atoms with Crippen LogP contribution in [0.15, 0.2) is 39.9 Å². The van der Waals surface area contributed by atoms with E-state index in [9.17, 15) is 0 Å². The van der Waals surface area contributed by atoms with Crippen LogP contribution in [0.3, 0.4) is 0 Å². The molecular weight excluding hydrogens is 258 g/mol. The van der Waals surface area contributed by atoms with E-state index >= 15 is 0 Å². The summed E-state index contributed by atoms with van der Waals surface area (Å²) < 4.78 is 5.69. The maximum Gasteiger partial charge on any atom is 0.184 e. The van der Waals surface area contributed by atoms with Crippen LogP contribution in [0, 0.1) is 13.8 Å². The Labute approximate surface area is 117 Å². The van der Waals surface area contributed by atoms with E-state index < -0.39 is 0 Å². The second kappa shape index (κ2) is 5.67. The quantitative estimate of drug-likeness (QED) is 0.513. The molecule has 2 aromatic rings. The Morgan fingerprint density at radius 1 is 1.26 bits per heavy atom. The molecule has 1 aromatic carbocycles. The van der Waals surface area contributed by atoms with Crippen molar-refractivity contribution in [2.24, 2.45) is 10.8 Å². The van der Waals surface area contributed by atoms with E-state index in [1.807, 2.05) is 12.1 Å². The third-order valence-corrected chi connectivity index (χ3v) is 2.59. The van der Waals surface area contributed by atoms with Gasteiger partial charge in [-0.15, -0.1) is 0 Å². The van der Waals surface area contributed by atoms with Gasteiger partial charge in [0, 0.05) is 5.56 Å². The highest BCUT2D eigenvalue weighted by Crippen LogP contribution is 2.23. The van der Waals surface area contributed by atoms with Gasteiger partial charge in [-0.25, -0.2) is 0 Å². The van der Waals surface area contributed by atoms with Gasteiger partial charge in [0.05, 0.1) is 6.21 Å². The zero-order valence-corrected chi connectivity index (χ0v) is 11.6. The summed E-state index contributed by atoms with van der Waals surface area (Å²) in [5.41, 5.74) is 11.2. The summed E-state index contributed by atoms with van der Waals surface area (Å²) in [6, 6.07) is 10.1. The zero-order chi connectivity index (χ0) is 13.8. The van der Waals surface area contributed by atoms with E-state index in [1.54, 1.807) is 0 Å². The Balaban J connectivity index is 2.20. The predicted molar refractivity (Wildman–Crippen MR) is 81.1 cm³/mol. The van der Waals surface area contributed by atoms with Gasteiger partial charge in [-0.05, 0) is 50.3 Å². The van der Waals surface area contributed by atoms with Crippen LogP contribution in [-0.2, 0) is 0 Å². The molecule has 0 spiro atoms. The normalized spacial score (nSPS) is 10.8. The number of nitrogens with zero attached hydrogens (tertiary/aromatic N) is 1. The number of nitrogens with two attached hydrogens (primary N) is 1. The molecule has 1 heterocycles. The van der Waals surface area contributed by atoms with Gasteiger partial charge in [0.25, 0.3) is 0 Å². The molecular formula is C14H15N3OS. The summed E-state index contributed by atoms with van der Waals surface area (Å²) >= 11 is 4.64. The third-order valence-electron chi connectivity index (χ3n) is 2.50. The molecule has 0 aliphatic carbocycles. The molecule has 98 valence electrons. The maximum absolute atomic E-state index is 5.69. The summed E-state index contributed by atoms with van der Waals surface area (Å²) in [5.74, 6) is 1.45. The Bertz CT molecular complexity index is 611. The molecule has 0 saturated heterocycles. The molecule has 0 saturated carbocycles. The van der Waals surface area contributed by atoms with Gasteiger partial charge in [-0.3, -0.25) is 5.43 Å². The second-order valence-corrected chi connectivity index (χ2v) is 4.75. The van der Waals surface area contributed by atoms with E-state index in [1.165, 1.54) is 17.3 Å². The van der Waals surface area contributed by atoms with E-state index in [0.717, 1.165) is 11.3 Å². The highest BCUT2D eigenvalue weighted by molar-refractivity contribution is 7.80. The molecule has 0 atom stereocenters. The van der Waals surface area contributed by atoms with Gasteiger partial charge < -0.3 is 10.2 Å². The summed E-state index contributed by atoms with van der Waals surface area (Å²) in [5, 5.41) is 3.97. The average Bonchev–Trinajstić information content (AvgIpc) is 2.76. The van der Waals surface area contributed by atoms with Gasteiger partial charge in [-0.1, -0.05) is 17.2 Å². The monoisotopic (exact) mass is 273 g/mol. The molecule has 4 nitrogen and oxygen atoms in total. The molecule has 0 aliphatic rings. The van der Waals surface area contributed by atoms with Crippen molar-refractivity contribution in [2.45, 2.75) is 13.8 Å². The largest absolute Gasteiger partial charge is 0.455 e. The third kappa shape index (κ3) is 3.66. The Morgan fingerprint density at radius 2 is 1.95 bits per heavy atom. The summed E-state index contributed by atoms with van der Waals surface area (Å²) in [7, 11) is 0. The van der Waals surface area contributed by atoms with Gasteiger partial charge >= 0.3 is 0 Å². The van der Waals surface area contributed by atoms with Crippen molar-refractivity contribution in [2.75, 3.05) is 0 Å². The summed E-state index contributed by atoms with van der Waals surface area (Å²) in [4.78, 5) is 0. The molecule has 0 radical (unpaired) electrons. The lowest BCUT2D eigenvalue weighted by Gasteiger charge is -2.01. The van der Waals surface area contributed by atoms with E-state index in [0.29, 0.717) is 5.76 Å². The highest BCUT2D eigenvalue weighted by Gasteiger charge is 2.04. The Hall–Kier alpha value is -2.14. The van der Waals surface area contributed by atoms with Crippen molar-refractivity contribution >= 4 is 23.5 Å². The number of hydrogen-bond acceptors (Lipinski definition) is 3. The van der Waals surface area contributed by atoms with Crippen molar-refractivity contribution in [3.05, 3.63) is 47.2 Å². The second-order valence-electron chi connectivity index (χ2n) is 4.31. The summed E-state index contributed by atoms with van der Waals surface area (Å²) in [6.07, 6.45) is 1.53. The molecule has 0 unspecified atom stereocenters. The minimum atomic E-state index is 0.123. The van der Waals surface area contributed by atoms with Crippen LogP contribution >= 0.6 is 12.2 Å². The number of furan rings is 1. The number of nitrogens with one attached hydrogen (secondary N) is 1. The fourth-order valence-electron chi connectivity index (χ4n) is 1.85. The van der Waals surface area contributed by atoms with Gasteiger partial charge in [0.15, 0.2) is 5.11 Å². The number of rotatable bonds is 3. The average molecular weight is 273 g/mol. The van der Waals surface area contributed by atoms with Crippen LogP contribution in [0.25, 0.3) is 11.3 Å². The number of hydrazone groups is 1. The van der Waals surface area contributed by atoms with E-state index in [4.69, 9.17) is 10.2 Å². The topological polar surface area (TPSA) is 63.5 Å². The molecule has 1 aromatic heterocycles. The van der Waals surface area contributed by atoms with Gasteiger partial charge in [-0.2, -0.15) is 5.10 Å². The minimum Gasteiger partial charge on any atom is -0.455 e. The van der Waals surface area contributed by atoms with Crippen molar-refractivity contribution < 1.29 is 4.42 Å². The molecule has 3 N–H and O–H groups in total. The number of hydrogen-bond donors (Lipinski definition) is 2. The minimum absolute atomic E-state index is 0.123. The van der Waals surface area contributed by atoms with Crippen molar-refractivity contribution in [1.29, 1.82) is 0 Å². The first-order valence-corrected chi connectivity index (χ1v) is 6.22. The van der Waals surface area contributed by atoms with Crippen LogP contribution in [0.2, 0.25) is 0 Å². The molecule has 0 amide bonds. The molecule has 5 heteroatoms. The van der Waals surface area contributed by atoms with Crippen molar-refractivity contribution in [1.82, 2.24) is 5.43 Å². The highest BCUT2D eigenvalue weighted by atomic mass is 32.1. The van der Waals surface area contributed by atoms with Crippen LogP contribution in [-0.4, -0.2) is 11.3 Å². The first-order chi connectivity index (χ1) is 9.04. The first-order valence-electron chi connectivity index (χ1n) is 5.81. The lowest BCUT2D eigenvalue weighted by atomic mass is 10.1. The molecule has 2 rings (SSSR count). The SMILES string of the molecule is Cc1cc(C)cc(-c2ccc(/C=N/NC(N)=S)o2)c1. The first kappa shape index (κ1) is 13.3. The smallest absolute Gasteiger partial charge is 0.184 e. The van der Waals surface area contributed by atoms with Crippen LogP contribution in [0.4, 0.5) is 0 Å². The van der Waals surface area contributed by atoms with Gasteiger partial charge in [0.2, 0.25) is 0 Å². The fourth-order valence-corrected chi connectivity index (χ4v) is 1.91. The van der Waals surface area contributed by atoms with Crippen molar-refractivity contribution in [3.63, 3.8) is 0 Å². The lowest BCUT2D eigenvalue weighted by Crippen LogP contribution is -2.23. The zero-order valence-electron chi connectivity index (χ0n) is 10.8. The molecule has 0 aliphatic heterocycles.